The van der Waals surface area contributed by atoms with Crippen molar-refractivity contribution in [3.8, 4) is 5.69 Å². The van der Waals surface area contributed by atoms with Crippen LogP contribution in [0.3, 0.4) is 0 Å². The molecule has 0 aliphatic rings. The van der Waals surface area contributed by atoms with E-state index in [1.807, 2.05) is 86.7 Å². The van der Waals surface area contributed by atoms with E-state index in [4.69, 9.17) is 4.98 Å². The number of hydrogen-bond acceptors (Lipinski definition) is 2. The first kappa shape index (κ1) is 18.4. The number of aryl methyl sites for hydroxylation is 2. The first-order valence-electron chi connectivity index (χ1n) is 9.06. The summed E-state index contributed by atoms with van der Waals surface area (Å²) < 4.78 is 2.71. The van der Waals surface area contributed by atoms with Crippen LogP contribution in [0.5, 0.6) is 0 Å². The van der Waals surface area contributed by atoms with Gasteiger partial charge in [0, 0.05) is 4.47 Å². The van der Waals surface area contributed by atoms with E-state index in [1.54, 1.807) is 4.57 Å². The van der Waals surface area contributed by atoms with Gasteiger partial charge in [0.2, 0.25) is 0 Å². The highest BCUT2D eigenvalue weighted by atomic mass is 79.9. The van der Waals surface area contributed by atoms with Crippen molar-refractivity contribution >= 4 is 39.0 Å². The van der Waals surface area contributed by atoms with Crippen molar-refractivity contribution in [2.24, 2.45) is 0 Å². The minimum Gasteiger partial charge on any atom is -0.268 e. The molecule has 0 saturated carbocycles. The van der Waals surface area contributed by atoms with Crippen molar-refractivity contribution < 1.29 is 0 Å². The zero-order valence-corrected chi connectivity index (χ0v) is 17.3. The highest BCUT2D eigenvalue weighted by molar-refractivity contribution is 9.10. The third-order valence-electron chi connectivity index (χ3n) is 4.67. The van der Waals surface area contributed by atoms with E-state index in [-0.39, 0.29) is 5.56 Å². The smallest absolute Gasteiger partial charge is 0.266 e. The summed E-state index contributed by atoms with van der Waals surface area (Å²) >= 11 is 3.50. The van der Waals surface area contributed by atoms with Crippen LogP contribution in [0.1, 0.15) is 22.5 Å². The molecule has 0 fully saturated rings. The number of para-hydroxylation sites is 1. The van der Waals surface area contributed by atoms with E-state index in [0.717, 1.165) is 26.9 Å². The molecule has 0 bridgehead atoms. The molecule has 0 radical (unpaired) electrons. The molecule has 0 unspecified atom stereocenters. The number of nitrogens with zero attached hydrogens (tertiary/aromatic N) is 2. The van der Waals surface area contributed by atoms with Gasteiger partial charge in [0.25, 0.3) is 5.56 Å². The van der Waals surface area contributed by atoms with Gasteiger partial charge in [-0.1, -0.05) is 64.0 Å². The van der Waals surface area contributed by atoms with E-state index >= 15 is 0 Å². The van der Waals surface area contributed by atoms with Crippen LogP contribution in [0.15, 0.2) is 76.0 Å². The maximum atomic E-state index is 13.3. The Labute approximate surface area is 172 Å². The topological polar surface area (TPSA) is 34.9 Å². The van der Waals surface area contributed by atoms with E-state index in [9.17, 15) is 4.79 Å². The maximum absolute atomic E-state index is 13.3. The molecule has 0 spiro atoms. The van der Waals surface area contributed by atoms with Crippen LogP contribution in [-0.2, 0) is 0 Å². The van der Waals surface area contributed by atoms with Crippen LogP contribution in [-0.4, -0.2) is 9.55 Å². The molecule has 1 aromatic heterocycles. The predicted octanol–water partition coefficient (Wildman–Crippen LogP) is 5.94. The Bertz CT molecular complexity index is 1270. The Hall–Kier alpha value is -2.98. The van der Waals surface area contributed by atoms with Crippen molar-refractivity contribution in [2.75, 3.05) is 0 Å². The van der Waals surface area contributed by atoms with Crippen LogP contribution >= 0.6 is 15.9 Å². The van der Waals surface area contributed by atoms with Crippen LogP contribution in [0.25, 0.3) is 28.7 Å². The van der Waals surface area contributed by atoms with Gasteiger partial charge >= 0.3 is 0 Å². The number of aromatic nitrogens is 2. The molecule has 0 atom stereocenters. The number of fused-ring (bicyclic) bond motifs is 1. The van der Waals surface area contributed by atoms with Gasteiger partial charge in [0.1, 0.15) is 5.82 Å². The SMILES string of the molecule is Cc1ccc(-n2c(C=Cc3cccc(Br)c3)nc3ccccc3c2=O)c(C)c1. The second-order valence-electron chi connectivity index (χ2n) is 6.81. The molecule has 0 aliphatic carbocycles. The monoisotopic (exact) mass is 430 g/mol. The molecule has 0 amide bonds. The fourth-order valence-electron chi connectivity index (χ4n) is 3.33. The van der Waals surface area contributed by atoms with Gasteiger partial charge in [0.05, 0.1) is 16.6 Å². The van der Waals surface area contributed by atoms with Gasteiger partial charge < -0.3 is 0 Å². The Balaban J connectivity index is 1.97. The average molecular weight is 431 g/mol. The number of rotatable bonds is 3. The number of halogens is 1. The van der Waals surface area contributed by atoms with Gasteiger partial charge in [-0.3, -0.25) is 9.36 Å². The summed E-state index contributed by atoms with van der Waals surface area (Å²) in [6.07, 6.45) is 3.87. The molecule has 3 aromatic carbocycles. The molecule has 1 heterocycles. The minimum absolute atomic E-state index is 0.0635. The second-order valence-corrected chi connectivity index (χ2v) is 7.72. The van der Waals surface area contributed by atoms with Gasteiger partial charge in [-0.25, -0.2) is 4.98 Å². The van der Waals surface area contributed by atoms with Gasteiger partial charge in [-0.15, -0.1) is 0 Å². The predicted molar refractivity (Wildman–Crippen MR) is 120 cm³/mol. The fraction of sp³-hybridized carbons (Fsp3) is 0.0833. The molecule has 4 heteroatoms. The summed E-state index contributed by atoms with van der Waals surface area (Å²) in [6, 6.07) is 21.6. The lowest BCUT2D eigenvalue weighted by molar-refractivity contribution is 0.933. The third kappa shape index (κ3) is 3.56. The Morgan fingerprint density at radius 1 is 0.929 bits per heavy atom. The Morgan fingerprint density at radius 2 is 1.75 bits per heavy atom. The lowest BCUT2D eigenvalue weighted by Gasteiger charge is -2.14. The second kappa shape index (κ2) is 7.56. The van der Waals surface area contributed by atoms with Crippen molar-refractivity contribution in [1.82, 2.24) is 9.55 Å². The lowest BCUT2D eigenvalue weighted by atomic mass is 10.1. The zero-order valence-electron chi connectivity index (χ0n) is 15.7. The Morgan fingerprint density at radius 3 is 2.54 bits per heavy atom. The van der Waals surface area contributed by atoms with Gasteiger partial charge in [-0.2, -0.15) is 0 Å². The van der Waals surface area contributed by atoms with Crippen LogP contribution < -0.4 is 5.56 Å². The molecular weight excluding hydrogens is 412 g/mol. The highest BCUT2D eigenvalue weighted by Gasteiger charge is 2.12. The number of hydrogen-bond donors (Lipinski definition) is 0. The minimum atomic E-state index is -0.0635. The van der Waals surface area contributed by atoms with Crippen LogP contribution in [0.4, 0.5) is 0 Å². The normalized spacial score (nSPS) is 11.4. The summed E-state index contributed by atoms with van der Waals surface area (Å²) in [5, 5.41) is 0.613. The van der Waals surface area contributed by atoms with Crippen molar-refractivity contribution in [1.29, 1.82) is 0 Å². The van der Waals surface area contributed by atoms with E-state index in [2.05, 4.69) is 22.0 Å². The molecule has 4 aromatic rings. The summed E-state index contributed by atoms with van der Waals surface area (Å²) in [5.74, 6) is 0.607. The molecule has 4 rings (SSSR count). The third-order valence-corrected chi connectivity index (χ3v) is 5.16. The first-order valence-corrected chi connectivity index (χ1v) is 9.85. The van der Waals surface area contributed by atoms with Crippen LogP contribution in [0, 0.1) is 13.8 Å². The van der Waals surface area contributed by atoms with Crippen molar-refractivity contribution in [3.63, 3.8) is 0 Å². The molecule has 28 heavy (non-hydrogen) atoms. The summed E-state index contributed by atoms with van der Waals surface area (Å²) in [5.41, 5.74) is 4.71. The van der Waals surface area contributed by atoms with Crippen molar-refractivity contribution in [2.45, 2.75) is 13.8 Å². The molecule has 0 saturated heterocycles. The average Bonchev–Trinajstić information content (AvgIpc) is 2.68. The number of benzene rings is 3. The molecule has 3 nitrogen and oxygen atoms in total. The largest absolute Gasteiger partial charge is 0.268 e. The van der Waals surface area contributed by atoms with E-state index < -0.39 is 0 Å². The summed E-state index contributed by atoms with van der Waals surface area (Å²) in [4.78, 5) is 18.1. The quantitative estimate of drug-likeness (QED) is 0.403. The fourth-order valence-corrected chi connectivity index (χ4v) is 3.75. The first-order chi connectivity index (χ1) is 13.5. The van der Waals surface area contributed by atoms with Crippen LogP contribution in [0.2, 0.25) is 0 Å². The van der Waals surface area contributed by atoms with E-state index in [0.29, 0.717) is 16.7 Å². The molecule has 0 N–H and O–H groups in total. The van der Waals surface area contributed by atoms with Crippen molar-refractivity contribution in [3.05, 3.63) is 104 Å². The van der Waals surface area contributed by atoms with Gasteiger partial charge in [0.15, 0.2) is 0 Å². The molecule has 138 valence electrons. The van der Waals surface area contributed by atoms with Gasteiger partial charge in [-0.05, 0) is 61.4 Å². The zero-order chi connectivity index (χ0) is 19.7. The molecular formula is C24H19BrN2O. The summed E-state index contributed by atoms with van der Waals surface area (Å²) in [7, 11) is 0. The summed E-state index contributed by atoms with van der Waals surface area (Å²) in [6.45, 7) is 4.07. The molecule has 0 aliphatic heterocycles. The Kier molecular flexibility index (Phi) is 4.97. The maximum Gasteiger partial charge on any atom is 0.266 e. The highest BCUT2D eigenvalue weighted by Crippen LogP contribution is 2.20. The standard InChI is InChI=1S/C24H19BrN2O/c1-16-10-12-22(17(2)14-16)27-23(13-11-18-6-5-7-19(25)15-18)26-21-9-4-3-8-20(21)24(27)28/h3-15H,1-2H3. The lowest BCUT2D eigenvalue weighted by Crippen LogP contribution is -2.23. The van der Waals surface area contributed by atoms with E-state index in [1.165, 1.54) is 0 Å².